The number of esters is 1. The number of hydrogen-bond acceptors (Lipinski definition) is 6. The molecule has 1 aliphatic rings. The third kappa shape index (κ3) is 4.87. The molecule has 8 heteroatoms. The summed E-state index contributed by atoms with van der Waals surface area (Å²) in [4.78, 5) is 46.3. The SMILES string of the molecule is CN(CC(=O)O[C@@H]1CC(=O)NC1=O)C(=O)OC(C)(C)C. The molecule has 1 heterocycles. The van der Waals surface area contributed by atoms with Crippen molar-refractivity contribution >= 4 is 23.9 Å². The van der Waals surface area contributed by atoms with Gasteiger partial charge in [0.15, 0.2) is 6.10 Å². The number of nitrogens with one attached hydrogen (secondary N) is 1. The van der Waals surface area contributed by atoms with Crippen molar-refractivity contribution in [2.24, 2.45) is 0 Å². The monoisotopic (exact) mass is 286 g/mol. The highest BCUT2D eigenvalue weighted by Gasteiger charge is 2.34. The first-order valence-corrected chi connectivity index (χ1v) is 6.06. The van der Waals surface area contributed by atoms with Crippen molar-refractivity contribution in [1.29, 1.82) is 0 Å². The molecule has 0 aromatic carbocycles. The van der Waals surface area contributed by atoms with Crippen LogP contribution in [0.3, 0.4) is 0 Å². The molecule has 0 radical (unpaired) electrons. The second-order valence-corrected chi connectivity index (χ2v) is 5.43. The molecule has 20 heavy (non-hydrogen) atoms. The maximum atomic E-state index is 11.6. The second kappa shape index (κ2) is 5.89. The maximum Gasteiger partial charge on any atom is 0.410 e. The molecule has 1 saturated heterocycles. The molecule has 112 valence electrons. The molecule has 0 aromatic heterocycles. The van der Waals surface area contributed by atoms with E-state index in [4.69, 9.17) is 9.47 Å². The number of carbonyl (C=O) groups excluding carboxylic acids is 4. The lowest BCUT2D eigenvalue weighted by Gasteiger charge is -2.24. The van der Waals surface area contributed by atoms with E-state index in [1.807, 2.05) is 5.32 Å². The zero-order chi connectivity index (χ0) is 15.5. The Labute approximate surface area is 116 Å². The van der Waals surface area contributed by atoms with Gasteiger partial charge < -0.3 is 14.4 Å². The van der Waals surface area contributed by atoms with Gasteiger partial charge >= 0.3 is 12.1 Å². The van der Waals surface area contributed by atoms with Crippen molar-refractivity contribution in [3.05, 3.63) is 0 Å². The smallest absolute Gasteiger partial charge is 0.410 e. The van der Waals surface area contributed by atoms with Crippen molar-refractivity contribution < 1.29 is 28.7 Å². The zero-order valence-electron chi connectivity index (χ0n) is 11.9. The van der Waals surface area contributed by atoms with Gasteiger partial charge in [-0.15, -0.1) is 0 Å². The van der Waals surface area contributed by atoms with Crippen LogP contribution < -0.4 is 5.32 Å². The Balaban J connectivity index is 2.44. The second-order valence-electron chi connectivity index (χ2n) is 5.43. The summed E-state index contributed by atoms with van der Waals surface area (Å²) in [6.45, 7) is 4.73. The van der Waals surface area contributed by atoms with Crippen LogP contribution in [0.25, 0.3) is 0 Å². The molecule has 0 unspecified atom stereocenters. The molecule has 1 aliphatic heterocycles. The summed E-state index contributed by atoms with van der Waals surface area (Å²) in [7, 11) is 1.37. The van der Waals surface area contributed by atoms with Gasteiger partial charge in [0, 0.05) is 7.05 Å². The molecule has 0 bridgehead atoms. The number of hydrogen-bond donors (Lipinski definition) is 1. The van der Waals surface area contributed by atoms with E-state index in [0.717, 1.165) is 4.90 Å². The fourth-order valence-electron chi connectivity index (χ4n) is 1.42. The summed E-state index contributed by atoms with van der Waals surface area (Å²) in [6.07, 6.45) is -2.00. The first-order valence-electron chi connectivity index (χ1n) is 6.06. The number of likely N-dealkylation sites (N-methyl/N-ethyl adjacent to an activating group) is 1. The van der Waals surface area contributed by atoms with Crippen LogP contribution >= 0.6 is 0 Å². The summed E-state index contributed by atoms with van der Waals surface area (Å²) >= 11 is 0. The lowest BCUT2D eigenvalue weighted by atomic mass is 10.2. The first-order chi connectivity index (χ1) is 9.08. The van der Waals surface area contributed by atoms with Crippen molar-refractivity contribution in [2.75, 3.05) is 13.6 Å². The molecule has 1 rings (SSSR count). The third-order valence-electron chi connectivity index (χ3n) is 2.27. The Hall–Kier alpha value is -2.12. The lowest BCUT2D eigenvalue weighted by Crippen LogP contribution is -2.39. The molecule has 8 nitrogen and oxygen atoms in total. The van der Waals surface area contributed by atoms with Gasteiger partial charge in [-0.2, -0.15) is 0 Å². The van der Waals surface area contributed by atoms with E-state index in [2.05, 4.69) is 0 Å². The topological polar surface area (TPSA) is 102 Å². The highest BCUT2D eigenvalue weighted by Crippen LogP contribution is 2.10. The minimum Gasteiger partial charge on any atom is -0.450 e. The van der Waals surface area contributed by atoms with Crippen LogP contribution in [0.4, 0.5) is 4.79 Å². The van der Waals surface area contributed by atoms with E-state index in [0.29, 0.717) is 0 Å². The van der Waals surface area contributed by atoms with Crippen molar-refractivity contribution in [1.82, 2.24) is 10.2 Å². The number of amides is 3. The largest absolute Gasteiger partial charge is 0.450 e. The number of imide groups is 1. The van der Waals surface area contributed by atoms with Gasteiger partial charge in [-0.25, -0.2) is 4.79 Å². The van der Waals surface area contributed by atoms with E-state index in [1.165, 1.54) is 7.05 Å². The first kappa shape index (κ1) is 15.9. The fourth-order valence-corrected chi connectivity index (χ4v) is 1.42. The molecule has 1 fully saturated rings. The van der Waals surface area contributed by atoms with Crippen molar-refractivity contribution in [3.63, 3.8) is 0 Å². The average Bonchev–Trinajstić information content (AvgIpc) is 2.54. The maximum absolute atomic E-state index is 11.6. The number of rotatable bonds is 3. The molecule has 0 spiro atoms. The Morgan fingerprint density at radius 3 is 2.40 bits per heavy atom. The van der Waals surface area contributed by atoms with Gasteiger partial charge in [-0.1, -0.05) is 0 Å². The van der Waals surface area contributed by atoms with Gasteiger partial charge in [-0.05, 0) is 20.8 Å². The highest BCUT2D eigenvalue weighted by atomic mass is 16.6. The van der Waals surface area contributed by atoms with Gasteiger partial charge in [-0.3, -0.25) is 19.7 Å². The standard InChI is InChI=1S/C12H18N2O6/c1-12(2,3)20-11(18)14(4)6-9(16)19-7-5-8(15)13-10(7)17/h7H,5-6H2,1-4H3,(H,13,15,17)/t7-/m1/s1. The molecule has 1 atom stereocenters. The normalized spacial score (nSPS) is 18.5. The number of nitrogens with zero attached hydrogens (tertiary/aromatic N) is 1. The van der Waals surface area contributed by atoms with Crippen LogP contribution in [-0.2, 0) is 23.9 Å². The van der Waals surface area contributed by atoms with Crippen LogP contribution in [0, 0.1) is 0 Å². The summed E-state index contributed by atoms with van der Waals surface area (Å²) in [5.41, 5.74) is -0.674. The van der Waals surface area contributed by atoms with Crippen LogP contribution in [-0.4, -0.2) is 54.1 Å². The molecule has 1 N–H and O–H groups in total. The minimum absolute atomic E-state index is 0.194. The fraction of sp³-hybridized carbons (Fsp3) is 0.667. The number of carbonyl (C=O) groups is 4. The van der Waals surface area contributed by atoms with Crippen LogP contribution in [0.5, 0.6) is 0 Å². The van der Waals surface area contributed by atoms with E-state index in [-0.39, 0.29) is 13.0 Å². The zero-order valence-corrected chi connectivity index (χ0v) is 11.9. The summed E-state index contributed by atoms with van der Waals surface area (Å²) in [5, 5.41) is 2.02. The predicted octanol–water partition coefficient (Wildman–Crippen LogP) is -0.188. The van der Waals surface area contributed by atoms with Gasteiger partial charge in [0.05, 0.1) is 6.42 Å². The molecule has 0 aromatic rings. The van der Waals surface area contributed by atoms with Gasteiger partial charge in [0.1, 0.15) is 12.1 Å². The predicted molar refractivity (Wildman–Crippen MR) is 66.5 cm³/mol. The van der Waals surface area contributed by atoms with E-state index in [9.17, 15) is 19.2 Å². The van der Waals surface area contributed by atoms with Crippen molar-refractivity contribution in [3.8, 4) is 0 Å². The Bertz CT molecular complexity index is 440. The highest BCUT2D eigenvalue weighted by molar-refractivity contribution is 6.05. The van der Waals surface area contributed by atoms with Crippen LogP contribution in [0.2, 0.25) is 0 Å². The molecular formula is C12H18N2O6. The van der Waals surface area contributed by atoms with Crippen molar-refractivity contribution in [2.45, 2.75) is 38.9 Å². The molecule has 3 amide bonds. The summed E-state index contributed by atoms with van der Waals surface area (Å²) in [5.74, 6) is -1.93. The summed E-state index contributed by atoms with van der Waals surface area (Å²) in [6, 6.07) is 0. The van der Waals surface area contributed by atoms with E-state index < -0.39 is 35.6 Å². The molecule has 0 aliphatic carbocycles. The van der Waals surface area contributed by atoms with Gasteiger partial charge in [0.2, 0.25) is 5.91 Å². The lowest BCUT2D eigenvalue weighted by molar-refractivity contribution is -0.154. The Kier molecular flexibility index (Phi) is 4.69. The Morgan fingerprint density at radius 1 is 1.35 bits per heavy atom. The average molecular weight is 286 g/mol. The number of ether oxygens (including phenoxy) is 2. The summed E-state index contributed by atoms with van der Waals surface area (Å²) < 4.78 is 9.88. The molecular weight excluding hydrogens is 268 g/mol. The van der Waals surface area contributed by atoms with E-state index in [1.54, 1.807) is 20.8 Å². The molecule has 0 saturated carbocycles. The Morgan fingerprint density at radius 2 is 1.95 bits per heavy atom. The van der Waals surface area contributed by atoms with E-state index >= 15 is 0 Å². The third-order valence-corrected chi connectivity index (χ3v) is 2.27. The minimum atomic E-state index is -1.12. The van der Waals surface area contributed by atoms with Gasteiger partial charge in [0.25, 0.3) is 5.91 Å². The quantitative estimate of drug-likeness (QED) is 0.570. The van der Waals surface area contributed by atoms with Crippen LogP contribution in [0.1, 0.15) is 27.2 Å². The van der Waals surface area contributed by atoms with Crippen LogP contribution in [0.15, 0.2) is 0 Å².